The molecule has 0 aromatic heterocycles. The summed E-state index contributed by atoms with van der Waals surface area (Å²) >= 11 is 0. The number of carbonyl (C=O) groups is 1. The Labute approximate surface area is 102 Å². The first-order chi connectivity index (χ1) is 8.04. The maximum atomic E-state index is 11.4. The number of nitrogen functional groups attached to an aromatic ring is 1. The molecule has 0 unspecified atom stereocenters. The third kappa shape index (κ3) is 3.86. The minimum atomic E-state index is -0.0770. The molecule has 1 aromatic rings. The molecule has 1 aromatic carbocycles. The summed E-state index contributed by atoms with van der Waals surface area (Å²) in [4.78, 5) is 12.8. The molecule has 5 heteroatoms. The Morgan fingerprint density at radius 3 is 2.76 bits per heavy atom. The minimum absolute atomic E-state index is 0.0302. The van der Waals surface area contributed by atoms with Crippen molar-refractivity contribution < 1.29 is 9.53 Å². The molecule has 17 heavy (non-hydrogen) atoms. The molecule has 0 bridgehead atoms. The van der Waals surface area contributed by atoms with Crippen molar-refractivity contribution in [2.24, 2.45) is 0 Å². The monoisotopic (exact) mass is 237 g/mol. The molecule has 0 heterocycles. The molecule has 1 amide bonds. The molecule has 94 valence electrons. The van der Waals surface area contributed by atoms with Crippen molar-refractivity contribution in [2.75, 3.05) is 38.3 Å². The maximum absolute atomic E-state index is 11.4. The number of nitrogens with zero attached hydrogens (tertiary/aromatic N) is 1. The Hall–Kier alpha value is -1.91. The standard InChI is InChI=1S/C12H19N3O2/c1-4-14-11-7-9(5-6-10(11)13)17-8-12(16)15(2)3/h5-7,14H,4,8,13H2,1-3H3. The largest absolute Gasteiger partial charge is 0.484 e. The lowest BCUT2D eigenvalue weighted by molar-refractivity contribution is -0.130. The normalized spacial score (nSPS) is 9.82. The van der Waals surface area contributed by atoms with E-state index >= 15 is 0 Å². The maximum Gasteiger partial charge on any atom is 0.259 e. The van der Waals surface area contributed by atoms with Gasteiger partial charge in [-0.3, -0.25) is 4.79 Å². The SMILES string of the molecule is CCNc1cc(OCC(=O)N(C)C)ccc1N. The molecule has 0 aliphatic carbocycles. The van der Waals surface area contributed by atoms with Crippen LogP contribution in [0.4, 0.5) is 11.4 Å². The number of anilines is 2. The zero-order chi connectivity index (χ0) is 12.8. The van der Waals surface area contributed by atoms with Gasteiger partial charge in [-0.05, 0) is 19.1 Å². The molecule has 0 radical (unpaired) electrons. The highest BCUT2D eigenvalue weighted by Crippen LogP contribution is 2.24. The van der Waals surface area contributed by atoms with Crippen LogP contribution in [0, 0.1) is 0 Å². The number of nitrogens with two attached hydrogens (primary N) is 1. The number of amides is 1. The van der Waals surface area contributed by atoms with Gasteiger partial charge >= 0.3 is 0 Å². The zero-order valence-electron chi connectivity index (χ0n) is 10.5. The van der Waals surface area contributed by atoms with Crippen LogP contribution >= 0.6 is 0 Å². The van der Waals surface area contributed by atoms with E-state index in [0.29, 0.717) is 11.4 Å². The predicted octanol–water partition coefficient (Wildman–Crippen LogP) is 1.17. The number of nitrogens with one attached hydrogen (secondary N) is 1. The summed E-state index contributed by atoms with van der Waals surface area (Å²) in [6, 6.07) is 5.30. The van der Waals surface area contributed by atoms with Crippen LogP contribution in [0.15, 0.2) is 18.2 Å². The molecule has 3 N–H and O–H groups in total. The summed E-state index contributed by atoms with van der Waals surface area (Å²) in [5.41, 5.74) is 7.27. The first kappa shape index (κ1) is 13.2. The number of likely N-dealkylation sites (N-methyl/N-ethyl adjacent to an activating group) is 1. The third-order valence-electron chi connectivity index (χ3n) is 2.25. The number of hydrogen-bond acceptors (Lipinski definition) is 4. The van der Waals surface area contributed by atoms with Crippen molar-refractivity contribution in [2.45, 2.75) is 6.92 Å². The van der Waals surface area contributed by atoms with Gasteiger partial charge in [-0.15, -0.1) is 0 Å². The van der Waals surface area contributed by atoms with Crippen LogP contribution in [0.1, 0.15) is 6.92 Å². The molecular formula is C12H19N3O2. The first-order valence-corrected chi connectivity index (χ1v) is 5.51. The summed E-state index contributed by atoms with van der Waals surface area (Å²) in [5.74, 6) is 0.553. The number of benzene rings is 1. The van der Waals surface area contributed by atoms with Crippen molar-refractivity contribution in [3.8, 4) is 5.75 Å². The van der Waals surface area contributed by atoms with Crippen molar-refractivity contribution in [1.82, 2.24) is 4.90 Å². The highest BCUT2D eigenvalue weighted by molar-refractivity contribution is 5.77. The van der Waals surface area contributed by atoms with Gasteiger partial charge in [0.15, 0.2) is 6.61 Å². The molecule has 0 spiro atoms. The van der Waals surface area contributed by atoms with E-state index in [1.54, 1.807) is 32.3 Å². The second kappa shape index (κ2) is 5.98. The fraction of sp³-hybridized carbons (Fsp3) is 0.417. The Bertz CT molecular complexity index is 391. The third-order valence-corrected chi connectivity index (χ3v) is 2.25. The second-order valence-electron chi connectivity index (χ2n) is 3.86. The van der Waals surface area contributed by atoms with Crippen LogP contribution in [-0.2, 0) is 4.79 Å². The molecule has 5 nitrogen and oxygen atoms in total. The van der Waals surface area contributed by atoms with E-state index in [4.69, 9.17) is 10.5 Å². The molecule has 0 saturated heterocycles. The van der Waals surface area contributed by atoms with E-state index in [1.807, 2.05) is 6.92 Å². The van der Waals surface area contributed by atoms with Crippen LogP contribution < -0.4 is 15.8 Å². The summed E-state index contributed by atoms with van der Waals surface area (Å²) < 4.78 is 5.38. The van der Waals surface area contributed by atoms with Gasteiger partial charge in [0, 0.05) is 26.7 Å². The van der Waals surface area contributed by atoms with Gasteiger partial charge < -0.3 is 20.7 Å². The minimum Gasteiger partial charge on any atom is -0.484 e. The van der Waals surface area contributed by atoms with Crippen LogP contribution in [0.3, 0.4) is 0 Å². The smallest absolute Gasteiger partial charge is 0.259 e. The quantitative estimate of drug-likeness (QED) is 0.754. The zero-order valence-corrected chi connectivity index (χ0v) is 10.5. The van der Waals surface area contributed by atoms with E-state index in [9.17, 15) is 4.79 Å². The van der Waals surface area contributed by atoms with Gasteiger partial charge in [0.05, 0.1) is 11.4 Å². The van der Waals surface area contributed by atoms with Crippen LogP contribution in [0.25, 0.3) is 0 Å². The van der Waals surface area contributed by atoms with Crippen LogP contribution in [-0.4, -0.2) is 38.1 Å². The summed E-state index contributed by atoms with van der Waals surface area (Å²) in [6.07, 6.45) is 0. The number of hydrogen-bond donors (Lipinski definition) is 2. The Morgan fingerprint density at radius 2 is 2.18 bits per heavy atom. The number of carbonyl (C=O) groups excluding carboxylic acids is 1. The Morgan fingerprint density at radius 1 is 1.47 bits per heavy atom. The molecule has 0 saturated carbocycles. The van der Waals surface area contributed by atoms with Crippen LogP contribution in [0.2, 0.25) is 0 Å². The lowest BCUT2D eigenvalue weighted by atomic mass is 10.2. The van der Waals surface area contributed by atoms with E-state index in [2.05, 4.69) is 5.32 Å². The fourth-order valence-electron chi connectivity index (χ4n) is 1.24. The number of ether oxygens (including phenoxy) is 1. The van der Waals surface area contributed by atoms with Crippen LogP contribution in [0.5, 0.6) is 5.75 Å². The first-order valence-electron chi connectivity index (χ1n) is 5.51. The molecule has 0 aliphatic rings. The topological polar surface area (TPSA) is 67.6 Å². The molecular weight excluding hydrogens is 218 g/mol. The van der Waals surface area contributed by atoms with E-state index in [1.165, 1.54) is 4.90 Å². The van der Waals surface area contributed by atoms with Gasteiger partial charge in [-0.1, -0.05) is 0 Å². The average molecular weight is 237 g/mol. The predicted molar refractivity (Wildman–Crippen MR) is 69.2 cm³/mol. The molecule has 0 aliphatic heterocycles. The Kier molecular flexibility index (Phi) is 4.63. The summed E-state index contributed by atoms with van der Waals surface area (Å²) in [6.45, 7) is 2.80. The Balaban J connectivity index is 2.66. The van der Waals surface area contributed by atoms with Crippen molar-refractivity contribution in [3.63, 3.8) is 0 Å². The lowest BCUT2D eigenvalue weighted by Crippen LogP contribution is -2.27. The fourth-order valence-corrected chi connectivity index (χ4v) is 1.24. The lowest BCUT2D eigenvalue weighted by Gasteiger charge is -2.13. The van der Waals surface area contributed by atoms with Gasteiger partial charge in [0.1, 0.15) is 5.75 Å². The molecule has 0 atom stereocenters. The van der Waals surface area contributed by atoms with Crippen molar-refractivity contribution in [1.29, 1.82) is 0 Å². The van der Waals surface area contributed by atoms with E-state index in [0.717, 1.165) is 12.2 Å². The summed E-state index contributed by atoms with van der Waals surface area (Å²) in [5, 5.41) is 3.13. The highest BCUT2D eigenvalue weighted by Gasteiger charge is 2.06. The van der Waals surface area contributed by atoms with Gasteiger partial charge in [0.25, 0.3) is 5.91 Å². The van der Waals surface area contributed by atoms with Gasteiger partial charge in [-0.2, -0.15) is 0 Å². The van der Waals surface area contributed by atoms with Gasteiger partial charge in [0.2, 0.25) is 0 Å². The number of rotatable bonds is 5. The summed E-state index contributed by atoms with van der Waals surface area (Å²) in [7, 11) is 3.39. The molecule has 1 rings (SSSR count). The van der Waals surface area contributed by atoms with Crippen molar-refractivity contribution >= 4 is 17.3 Å². The van der Waals surface area contributed by atoms with Crippen molar-refractivity contribution in [3.05, 3.63) is 18.2 Å². The second-order valence-corrected chi connectivity index (χ2v) is 3.86. The highest BCUT2D eigenvalue weighted by atomic mass is 16.5. The molecule has 0 fully saturated rings. The average Bonchev–Trinajstić information content (AvgIpc) is 2.29. The van der Waals surface area contributed by atoms with E-state index < -0.39 is 0 Å². The van der Waals surface area contributed by atoms with E-state index in [-0.39, 0.29) is 12.5 Å². The van der Waals surface area contributed by atoms with Gasteiger partial charge in [-0.25, -0.2) is 0 Å².